The first-order valence-electron chi connectivity index (χ1n) is 11.5. The highest BCUT2D eigenvalue weighted by Crippen LogP contribution is 2.65. The Hall–Kier alpha value is -1.44. The Bertz CT molecular complexity index is 719. The first kappa shape index (κ1) is 24.2. The van der Waals surface area contributed by atoms with Gasteiger partial charge in [0.25, 0.3) is 0 Å². The summed E-state index contributed by atoms with van der Waals surface area (Å²) in [6.07, 6.45) is 5.79. The van der Waals surface area contributed by atoms with Crippen LogP contribution >= 0.6 is 0 Å². The summed E-state index contributed by atoms with van der Waals surface area (Å²) in [5.41, 5.74) is -1.46. The third-order valence-corrected chi connectivity index (χ3v) is 8.48. The lowest BCUT2D eigenvalue weighted by atomic mass is 9.42. The molecule has 0 radical (unpaired) electrons. The maximum Gasteiger partial charge on any atom is 0.302 e. The van der Waals surface area contributed by atoms with Crippen molar-refractivity contribution in [2.45, 2.75) is 77.9 Å². The van der Waals surface area contributed by atoms with Gasteiger partial charge in [-0.25, -0.2) is 0 Å². The van der Waals surface area contributed by atoms with Crippen LogP contribution in [0.2, 0.25) is 0 Å². The number of carbonyl (C=O) groups excluding carboxylic acids is 2. The molecule has 6 atom stereocenters. The molecule has 2 fully saturated rings. The predicted molar refractivity (Wildman–Crippen MR) is 114 cm³/mol. The van der Waals surface area contributed by atoms with Gasteiger partial charge in [-0.15, -0.1) is 0 Å². The maximum atomic E-state index is 12.0. The van der Waals surface area contributed by atoms with Crippen LogP contribution in [0.3, 0.4) is 0 Å². The lowest BCUT2D eigenvalue weighted by molar-refractivity contribution is -0.282. The monoisotopic (exact) mass is 438 g/mol. The lowest BCUT2D eigenvalue weighted by Gasteiger charge is -2.65. The molecule has 0 saturated heterocycles. The number of hydrogen-bond acceptors (Lipinski definition) is 7. The van der Waals surface area contributed by atoms with E-state index in [1.54, 1.807) is 0 Å². The van der Waals surface area contributed by atoms with Gasteiger partial charge in [0.2, 0.25) is 0 Å². The molecular formula is C24H38O7. The third kappa shape index (κ3) is 4.29. The Labute approximate surface area is 185 Å². The second-order valence-electron chi connectivity index (χ2n) is 10.1. The minimum atomic E-state index is -1.50. The number of aliphatic hydroxyl groups excluding tert-OH is 1. The molecule has 0 bridgehead atoms. The molecule has 2 aliphatic carbocycles. The highest BCUT2D eigenvalue weighted by atomic mass is 16.6. The number of carbonyl (C=O) groups is 2. The molecule has 0 aromatic rings. The van der Waals surface area contributed by atoms with Crippen molar-refractivity contribution in [3.05, 3.63) is 11.6 Å². The molecule has 176 valence electrons. The lowest BCUT2D eigenvalue weighted by Crippen LogP contribution is -2.71. The van der Waals surface area contributed by atoms with Crippen molar-refractivity contribution in [1.29, 1.82) is 0 Å². The number of ether oxygens (including phenoxy) is 3. The van der Waals surface area contributed by atoms with Crippen molar-refractivity contribution < 1.29 is 34.0 Å². The van der Waals surface area contributed by atoms with Gasteiger partial charge in [-0.3, -0.25) is 9.59 Å². The number of hydrogen-bond donors (Lipinski definition) is 2. The van der Waals surface area contributed by atoms with Gasteiger partial charge in [-0.1, -0.05) is 26.3 Å². The summed E-state index contributed by atoms with van der Waals surface area (Å²) in [5.74, 6) is -0.743. The van der Waals surface area contributed by atoms with Crippen molar-refractivity contribution in [2.75, 3.05) is 26.4 Å². The van der Waals surface area contributed by atoms with Crippen LogP contribution in [0.5, 0.6) is 0 Å². The van der Waals surface area contributed by atoms with Crippen LogP contribution in [-0.2, 0) is 23.8 Å². The zero-order valence-corrected chi connectivity index (χ0v) is 19.3. The number of esters is 2. The zero-order chi connectivity index (χ0) is 22.9. The predicted octanol–water partition coefficient (Wildman–Crippen LogP) is 2.77. The summed E-state index contributed by atoms with van der Waals surface area (Å²) in [4.78, 5) is 23.9. The van der Waals surface area contributed by atoms with Crippen molar-refractivity contribution in [1.82, 2.24) is 0 Å². The summed E-state index contributed by atoms with van der Waals surface area (Å²) in [5, 5.41) is 22.1. The molecule has 0 aromatic heterocycles. The van der Waals surface area contributed by atoms with E-state index in [1.807, 2.05) is 0 Å². The van der Waals surface area contributed by atoms with Gasteiger partial charge in [0, 0.05) is 13.8 Å². The van der Waals surface area contributed by atoms with Crippen LogP contribution in [0.4, 0.5) is 0 Å². The summed E-state index contributed by atoms with van der Waals surface area (Å²) >= 11 is 0. The van der Waals surface area contributed by atoms with Crippen molar-refractivity contribution in [3.63, 3.8) is 0 Å². The highest BCUT2D eigenvalue weighted by molar-refractivity contribution is 5.67. The quantitative estimate of drug-likeness (QED) is 0.465. The molecule has 7 heteroatoms. The summed E-state index contributed by atoms with van der Waals surface area (Å²) in [6, 6.07) is 0. The van der Waals surface area contributed by atoms with Crippen molar-refractivity contribution in [2.24, 2.45) is 22.7 Å². The molecule has 3 aliphatic rings. The van der Waals surface area contributed by atoms with Gasteiger partial charge >= 0.3 is 11.9 Å². The molecule has 7 nitrogen and oxygen atoms in total. The largest absolute Gasteiger partial charge is 0.465 e. The minimum Gasteiger partial charge on any atom is -0.465 e. The van der Waals surface area contributed by atoms with Crippen LogP contribution in [0.15, 0.2) is 11.6 Å². The van der Waals surface area contributed by atoms with Gasteiger partial charge in [0.1, 0.15) is 18.3 Å². The van der Waals surface area contributed by atoms with E-state index >= 15 is 0 Å². The van der Waals surface area contributed by atoms with E-state index in [4.69, 9.17) is 14.2 Å². The number of fused-ring (bicyclic) bond motifs is 1. The number of aliphatic hydroxyl groups is 2. The fourth-order valence-corrected chi connectivity index (χ4v) is 6.58. The standard InChI is InChI=1S/C24H38O7/c1-16-12-21(31-18(3)27)24(15-30-17(2)26)20(6-5-9-23(24,28)14-25)22(16,4)10-7-19-8-11-29-13-19/h8,16,20-21,25,28H,5-7,9-15H2,1-4H3/t16-,20+,21+,22+,23+,24+/m1/s1. The van der Waals surface area contributed by atoms with E-state index in [0.717, 1.165) is 25.7 Å². The normalized spacial score (nSPS) is 40.1. The number of rotatable bonds is 7. The van der Waals surface area contributed by atoms with Gasteiger partial charge in [0.05, 0.1) is 25.2 Å². The van der Waals surface area contributed by atoms with E-state index in [0.29, 0.717) is 26.1 Å². The zero-order valence-electron chi connectivity index (χ0n) is 19.3. The Morgan fingerprint density at radius 2 is 2.03 bits per heavy atom. The van der Waals surface area contributed by atoms with Crippen LogP contribution < -0.4 is 0 Å². The second-order valence-corrected chi connectivity index (χ2v) is 10.1. The molecule has 1 aliphatic heterocycles. The first-order chi connectivity index (χ1) is 14.6. The molecule has 3 rings (SSSR count). The van der Waals surface area contributed by atoms with E-state index in [9.17, 15) is 19.8 Å². The fraction of sp³-hybridized carbons (Fsp3) is 0.833. The summed E-state index contributed by atoms with van der Waals surface area (Å²) < 4.78 is 16.8. The van der Waals surface area contributed by atoms with E-state index in [1.165, 1.54) is 19.4 Å². The Morgan fingerprint density at radius 3 is 2.61 bits per heavy atom. The molecule has 0 unspecified atom stereocenters. The molecule has 1 heterocycles. The van der Waals surface area contributed by atoms with Gasteiger partial charge < -0.3 is 24.4 Å². The van der Waals surface area contributed by atoms with E-state index < -0.39 is 35.7 Å². The Balaban J connectivity index is 2.06. The Morgan fingerprint density at radius 1 is 1.29 bits per heavy atom. The molecule has 2 N–H and O–H groups in total. The van der Waals surface area contributed by atoms with Crippen LogP contribution in [0, 0.1) is 22.7 Å². The van der Waals surface area contributed by atoms with E-state index in [2.05, 4.69) is 19.9 Å². The Kier molecular flexibility index (Phi) is 7.18. The third-order valence-electron chi connectivity index (χ3n) is 8.48. The molecule has 31 heavy (non-hydrogen) atoms. The molecule has 0 amide bonds. The average molecular weight is 439 g/mol. The van der Waals surface area contributed by atoms with Gasteiger partial charge in [-0.2, -0.15) is 0 Å². The molecule has 2 saturated carbocycles. The maximum absolute atomic E-state index is 12.0. The summed E-state index contributed by atoms with van der Waals surface area (Å²) in [7, 11) is 0. The van der Waals surface area contributed by atoms with Crippen LogP contribution in [-0.4, -0.2) is 60.3 Å². The fourth-order valence-electron chi connectivity index (χ4n) is 6.58. The first-order valence-corrected chi connectivity index (χ1v) is 11.5. The smallest absolute Gasteiger partial charge is 0.302 e. The van der Waals surface area contributed by atoms with Gasteiger partial charge in [-0.05, 0) is 54.9 Å². The average Bonchev–Trinajstić information content (AvgIpc) is 3.23. The minimum absolute atomic E-state index is 0.0733. The second kappa shape index (κ2) is 9.20. The van der Waals surface area contributed by atoms with Crippen LogP contribution in [0.25, 0.3) is 0 Å². The van der Waals surface area contributed by atoms with Crippen molar-refractivity contribution >= 4 is 11.9 Å². The molecule has 0 aromatic carbocycles. The summed E-state index contributed by atoms with van der Waals surface area (Å²) in [6.45, 7) is 7.89. The van der Waals surface area contributed by atoms with Gasteiger partial charge in [0.15, 0.2) is 0 Å². The highest BCUT2D eigenvalue weighted by Gasteiger charge is 2.69. The van der Waals surface area contributed by atoms with E-state index in [-0.39, 0.29) is 23.9 Å². The topological polar surface area (TPSA) is 102 Å². The molecular weight excluding hydrogens is 400 g/mol. The van der Waals surface area contributed by atoms with Crippen molar-refractivity contribution in [3.8, 4) is 0 Å². The molecule has 0 spiro atoms. The van der Waals surface area contributed by atoms with Crippen LogP contribution in [0.1, 0.15) is 66.2 Å². The SMILES string of the molecule is CC(=O)OC[C@@]12[C@@H](OC(C)=O)C[C@@H](C)[C@](C)(CCC3=CCOC3)[C@@H]1CCC[C@]2(O)CO.